The Kier molecular flexibility index (Phi) is 10.4. The molecule has 9 nitrogen and oxygen atoms in total. The van der Waals surface area contributed by atoms with Gasteiger partial charge in [0.2, 0.25) is 5.71 Å². The molecular formula is C32H33ClN4O5S. The number of carbonyl (C=O) groups is 2. The van der Waals surface area contributed by atoms with Gasteiger partial charge in [0.25, 0.3) is 0 Å². The van der Waals surface area contributed by atoms with E-state index in [4.69, 9.17) is 21.2 Å². The number of carboxylic acid groups (broad SMARTS) is 1. The van der Waals surface area contributed by atoms with Crippen LogP contribution in [0, 0.1) is 0 Å². The fraction of sp³-hybridized carbons (Fsp3) is 0.250. The molecule has 1 amide bonds. The van der Waals surface area contributed by atoms with Gasteiger partial charge < -0.3 is 25.3 Å². The molecule has 0 atom stereocenters. The third-order valence-corrected chi connectivity index (χ3v) is 7.33. The Labute approximate surface area is 259 Å². The van der Waals surface area contributed by atoms with E-state index in [-0.39, 0.29) is 23.2 Å². The maximum atomic E-state index is 12.2. The molecule has 3 N–H and O–H groups in total. The number of nitrogens with zero attached hydrogens (tertiary/aromatic N) is 2. The number of nitrogens with one attached hydrogen (secondary N) is 2. The maximum absolute atomic E-state index is 12.2. The van der Waals surface area contributed by atoms with Crippen LogP contribution in [-0.2, 0) is 19.9 Å². The van der Waals surface area contributed by atoms with Crippen molar-refractivity contribution in [2.24, 2.45) is 5.16 Å². The first-order valence-electron chi connectivity index (χ1n) is 13.6. The van der Waals surface area contributed by atoms with Crippen LogP contribution in [-0.4, -0.2) is 46.6 Å². The second-order valence-corrected chi connectivity index (χ2v) is 12.1. The van der Waals surface area contributed by atoms with Gasteiger partial charge in [-0.25, -0.2) is 14.6 Å². The van der Waals surface area contributed by atoms with E-state index >= 15 is 0 Å². The van der Waals surface area contributed by atoms with Crippen LogP contribution in [0.2, 0.25) is 4.34 Å². The van der Waals surface area contributed by atoms with Crippen LogP contribution in [0.15, 0.2) is 96.2 Å². The monoisotopic (exact) mass is 620 g/mol. The molecule has 1 aromatic heterocycles. The number of carboxylic acids is 1. The lowest BCUT2D eigenvalue weighted by atomic mass is 9.77. The van der Waals surface area contributed by atoms with E-state index in [1.165, 1.54) is 0 Å². The lowest BCUT2D eigenvalue weighted by Gasteiger charge is -2.36. The third kappa shape index (κ3) is 8.12. The van der Waals surface area contributed by atoms with Crippen molar-refractivity contribution in [3.05, 3.63) is 118 Å². The Bertz CT molecular complexity index is 1440. The minimum atomic E-state index is -1.34. The van der Waals surface area contributed by atoms with Crippen LogP contribution in [0.5, 0.6) is 0 Å². The summed E-state index contributed by atoms with van der Waals surface area (Å²) in [6.07, 6.45) is -0.171. The highest BCUT2D eigenvalue weighted by molar-refractivity contribution is 7.20. The smallest absolute Gasteiger partial charge is 0.407 e. The molecule has 224 valence electrons. The second kappa shape index (κ2) is 14.2. The maximum Gasteiger partial charge on any atom is 0.407 e. The number of halogens is 1. The molecule has 0 radical (unpaired) electrons. The fourth-order valence-electron chi connectivity index (χ4n) is 4.38. The summed E-state index contributed by atoms with van der Waals surface area (Å²) in [5, 5.41) is 20.3. The molecule has 0 saturated carbocycles. The Balaban J connectivity index is 1.60. The van der Waals surface area contributed by atoms with Crippen LogP contribution in [0.25, 0.3) is 0 Å². The summed E-state index contributed by atoms with van der Waals surface area (Å²) in [6.45, 7) is 5.63. The summed E-state index contributed by atoms with van der Waals surface area (Å²) < 4.78 is 5.32. The van der Waals surface area contributed by atoms with E-state index in [0.717, 1.165) is 28.0 Å². The summed E-state index contributed by atoms with van der Waals surface area (Å²) in [6, 6.07) is 29.8. The van der Waals surface area contributed by atoms with Gasteiger partial charge in [-0.2, -0.15) is 0 Å². The number of amides is 1. The zero-order valence-corrected chi connectivity index (χ0v) is 25.6. The highest BCUT2D eigenvalue weighted by Crippen LogP contribution is 2.42. The lowest BCUT2D eigenvalue weighted by Crippen LogP contribution is -2.38. The van der Waals surface area contributed by atoms with Crippen LogP contribution >= 0.6 is 22.9 Å². The average Bonchev–Trinajstić information content (AvgIpc) is 3.34. The first kappa shape index (κ1) is 31.5. The summed E-state index contributed by atoms with van der Waals surface area (Å²) in [4.78, 5) is 33.8. The van der Waals surface area contributed by atoms with Gasteiger partial charge in [-0.1, -0.05) is 119 Å². The summed E-state index contributed by atoms with van der Waals surface area (Å²) in [5.74, 6) is -1.34. The zero-order chi connectivity index (χ0) is 30.9. The molecule has 4 rings (SSSR count). The van der Waals surface area contributed by atoms with Crippen LogP contribution < -0.4 is 10.6 Å². The number of aliphatic carboxylic acids is 1. The quantitative estimate of drug-likeness (QED) is 0.0680. The number of alkyl carbamates (subject to hydrolysis) is 1. The summed E-state index contributed by atoms with van der Waals surface area (Å²) in [7, 11) is 0. The second-order valence-electron chi connectivity index (χ2n) is 10.5. The van der Waals surface area contributed by atoms with E-state index in [1.807, 2.05) is 91.0 Å². The Morgan fingerprint density at radius 3 is 1.88 bits per heavy atom. The molecule has 0 aliphatic carbocycles. The van der Waals surface area contributed by atoms with E-state index < -0.39 is 28.9 Å². The van der Waals surface area contributed by atoms with Gasteiger partial charge in [-0.05, 0) is 37.5 Å². The molecule has 0 aliphatic rings. The van der Waals surface area contributed by atoms with Crippen molar-refractivity contribution in [2.45, 2.75) is 38.3 Å². The van der Waals surface area contributed by atoms with Crippen molar-refractivity contribution in [3.8, 4) is 0 Å². The number of anilines is 1. The summed E-state index contributed by atoms with van der Waals surface area (Å²) >= 11 is 7.66. The van der Waals surface area contributed by atoms with Gasteiger partial charge in [0, 0.05) is 13.0 Å². The molecule has 0 spiro atoms. The number of benzene rings is 3. The topological polar surface area (TPSA) is 122 Å². The number of ether oxygens (including phenoxy) is 1. The molecule has 0 bridgehead atoms. The first-order chi connectivity index (χ1) is 20.6. The first-order valence-corrected chi connectivity index (χ1v) is 14.8. The predicted octanol–water partition coefficient (Wildman–Crippen LogP) is 6.92. The molecule has 1 heterocycles. The number of aromatic nitrogens is 1. The number of hydrogen-bond acceptors (Lipinski definition) is 8. The van der Waals surface area contributed by atoms with Gasteiger partial charge in [-0.15, -0.1) is 0 Å². The normalized spacial score (nSPS) is 12.0. The third-order valence-electron chi connectivity index (χ3n) is 6.16. The predicted molar refractivity (Wildman–Crippen MR) is 169 cm³/mol. The van der Waals surface area contributed by atoms with Crippen molar-refractivity contribution in [3.63, 3.8) is 0 Å². The van der Waals surface area contributed by atoms with Crippen molar-refractivity contribution in [2.75, 3.05) is 18.5 Å². The van der Waals surface area contributed by atoms with Gasteiger partial charge in [0.15, 0.2) is 5.13 Å². The molecule has 0 unspecified atom stereocenters. The number of rotatable bonds is 12. The number of thiazole rings is 1. The molecule has 43 heavy (non-hydrogen) atoms. The van der Waals surface area contributed by atoms with E-state index in [2.05, 4.69) is 20.8 Å². The van der Waals surface area contributed by atoms with E-state index in [0.29, 0.717) is 11.6 Å². The van der Waals surface area contributed by atoms with E-state index in [9.17, 15) is 14.7 Å². The van der Waals surface area contributed by atoms with Crippen molar-refractivity contribution >= 4 is 45.8 Å². The van der Waals surface area contributed by atoms with Crippen molar-refractivity contribution in [1.82, 2.24) is 10.3 Å². The SMILES string of the molecule is CC(C)(C)OC(=O)NCCCO/N=C(\C(=O)O)c1nc(NC(c2ccccc2)(c2ccccc2)c2ccccc2)sc1Cl. The highest BCUT2D eigenvalue weighted by Gasteiger charge is 2.37. The van der Waals surface area contributed by atoms with Crippen molar-refractivity contribution < 1.29 is 24.3 Å². The lowest BCUT2D eigenvalue weighted by molar-refractivity contribution is -0.129. The fourth-order valence-corrected chi connectivity index (χ4v) is 5.48. The number of carbonyl (C=O) groups excluding carboxylic acids is 1. The molecule has 0 aliphatic heterocycles. The molecule has 4 aromatic rings. The van der Waals surface area contributed by atoms with Crippen LogP contribution in [0.3, 0.4) is 0 Å². The molecule has 3 aromatic carbocycles. The molecular weight excluding hydrogens is 588 g/mol. The Morgan fingerprint density at radius 2 is 1.42 bits per heavy atom. The Morgan fingerprint density at radius 1 is 0.907 bits per heavy atom. The van der Waals surface area contributed by atoms with Gasteiger partial charge >= 0.3 is 12.1 Å². The van der Waals surface area contributed by atoms with E-state index in [1.54, 1.807) is 20.8 Å². The Hall–Kier alpha value is -4.41. The molecule has 11 heteroatoms. The standard InChI is InChI=1S/C32H33ClN4O5S/c1-31(2,3)42-30(40)34-20-13-21-41-37-26(28(38)39)25-27(33)43-29(35-25)36-32(22-14-7-4-8-15-22,23-16-9-5-10-17-23)24-18-11-6-12-19-24/h4-12,14-19H,13,20-21H2,1-3H3,(H,34,40)(H,35,36)(H,38,39)/b37-26-. The molecule has 0 fully saturated rings. The minimum Gasteiger partial charge on any atom is -0.476 e. The highest BCUT2D eigenvalue weighted by atomic mass is 35.5. The minimum absolute atomic E-state index is 0.0170. The average molecular weight is 621 g/mol. The number of oxime groups is 1. The summed E-state index contributed by atoms with van der Waals surface area (Å²) in [5.41, 5.74) is 0.934. The zero-order valence-electron chi connectivity index (χ0n) is 24.0. The van der Waals surface area contributed by atoms with Crippen molar-refractivity contribution in [1.29, 1.82) is 0 Å². The number of hydrogen-bond donors (Lipinski definition) is 3. The van der Waals surface area contributed by atoms with Gasteiger partial charge in [-0.3, -0.25) is 0 Å². The van der Waals surface area contributed by atoms with Gasteiger partial charge in [0.05, 0.1) is 0 Å². The van der Waals surface area contributed by atoms with Crippen LogP contribution in [0.1, 0.15) is 49.6 Å². The van der Waals surface area contributed by atoms with Crippen LogP contribution in [0.4, 0.5) is 9.93 Å². The largest absolute Gasteiger partial charge is 0.476 e. The molecule has 0 saturated heterocycles. The van der Waals surface area contributed by atoms with Gasteiger partial charge in [0.1, 0.15) is 27.8 Å².